The summed E-state index contributed by atoms with van der Waals surface area (Å²) in [6, 6.07) is 3.72. The van der Waals surface area contributed by atoms with Crippen molar-refractivity contribution in [1.82, 2.24) is 0 Å². The molecule has 0 fully saturated rings. The standard InChI is InChI=1S/C11H9FO3/c1-2-3-7-15-10-8(11(13)14)5-4-6-9(10)12/h1,4-6H,3,7H2,(H,13,14). The van der Waals surface area contributed by atoms with Gasteiger partial charge >= 0.3 is 5.97 Å². The van der Waals surface area contributed by atoms with E-state index in [1.165, 1.54) is 12.1 Å². The summed E-state index contributed by atoms with van der Waals surface area (Å²) in [5.41, 5.74) is -0.202. The minimum atomic E-state index is -1.23. The number of hydrogen-bond donors (Lipinski definition) is 1. The quantitative estimate of drug-likeness (QED) is 0.607. The lowest BCUT2D eigenvalue weighted by molar-refractivity contribution is 0.0691. The van der Waals surface area contributed by atoms with Gasteiger partial charge in [-0.3, -0.25) is 0 Å². The summed E-state index contributed by atoms with van der Waals surface area (Å²) in [7, 11) is 0. The summed E-state index contributed by atoms with van der Waals surface area (Å²) in [5.74, 6) is 0.114. The minimum Gasteiger partial charge on any atom is -0.489 e. The van der Waals surface area contributed by atoms with Crippen LogP contribution in [0.2, 0.25) is 0 Å². The van der Waals surface area contributed by atoms with E-state index in [1.807, 2.05) is 0 Å². The van der Waals surface area contributed by atoms with Gasteiger partial charge < -0.3 is 9.84 Å². The summed E-state index contributed by atoms with van der Waals surface area (Å²) in [4.78, 5) is 10.7. The van der Waals surface area contributed by atoms with Gasteiger partial charge in [-0.2, -0.15) is 0 Å². The molecule has 78 valence electrons. The second kappa shape index (κ2) is 5.01. The molecule has 0 aromatic heterocycles. The van der Waals surface area contributed by atoms with E-state index in [9.17, 15) is 9.18 Å². The predicted octanol–water partition coefficient (Wildman–Crippen LogP) is 1.93. The van der Waals surface area contributed by atoms with E-state index in [4.69, 9.17) is 16.3 Å². The van der Waals surface area contributed by atoms with Gasteiger partial charge in [0, 0.05) is 6.42 Å². The lowest BCUT2D eigenvalue weighted by Crippen LogP contribution is -2.05. The fourth-order valence-corrected chi connectivity index (χ4v) is 1.04. The van der Waals surface area contributed by atoms with Crippen LogP contribution in [0.4, 0.5) is 4.39 Å². The molecule has 0 saturated carbocycles. The van der Waals surface area contributed by atoms with Crippen LogP contribution in [0.3, 0.4) is 0 Å². The van der Waals surface area contributed by atoms with Crippen LogP contribution in [0.5, 0.6) is 5.75 Å². The first-order valence-electron chi connectivity index (χ1n) is 4.25. The molecular weight excluding hydrogens is 199 g/mol. The maximum Gasteiger partial charge on any atom is 0.339 e. The van der Waals surface area contributed by atoms with Crippen molar-refractivity contribution in [1.29, 1.82) is 0 Å². The van der Waals surface area contributed by atoms with Crippen LogP contribution in [-0.4, -0.2) is 17.7 Å². The monoisotopic (exact) mass is 208 g/mol. The molecule has 15 heavy (non-hydrogen) atoms. The molecule has 0 heterocycles. The van der Waals surface area contributed by atoms with E-state index in [1.54, 1.807) is 0 Å². The average molecular weight is 208 g/mol. The van der Waals surface area contributed by atoms with Crippen LogP contribution in [0.15, 0.2) is 18.2 Å². The summed E-state index contributed by atoms with van der Waals surface area (Å²) < 4.78 is 18.2. The van der Waals surface area contributed by atoms with Crippen molar-refractivity contribution in [3.8, 4) is 18.1 Å². The molecule has 0 aliphatic carbocycles. The van der Waals surface area contributed by atoms with Crippen LogP contribution in [0.1, 0.15) is 16.8 Å². The van der Waals surface area contributed by atoms with Gasteiger partial charge in [0.25, 0.3) is 0 Å². The highest BCUT2D eigenvalue weighted by molar-refractivity contribution is 5.90. The molecule has 0 bridgehead atoms. The van der Waals surface area contributed by atoms with Gasteiger partial charge in [-0.05, 0) is 12.1 Å². The molecule has 1 aromatic rings. The number of terminal acetylenes is 1. The van der Waals surface area contributed by atoms with E-state index in [0.29, 0.717) is 6.42 Å². The zero-order valence-electron chi connectivity index (χ0n) is 7.87. The molecule has 4 heteroatoms. The maximum absolute atomic E-state index is 13.2. The number of carboxylic acids is 1. The second-order valence-electron chi connectivity index (χ2n) is 2.72. The topological polar surface area (TPSA) is 46.5 Å². The van der Waals surface area contributed by atoms with Gasteiger partial charge in [-0.15, -0.1) is 12.3 Å². The summed E-state index contributed by atoms with van der Waals surface area (Å²) in [6.45, 7) is 0.0950. The van der Waals surface area contributed by atoms with Crippen LogP contribution >= 0.6 is 0 Å². The molecule has 0 atom stereocenters. The first-order valence-corrected chi connectivity index (χ1v) is 4.25. The molecule has 0 unspecified atom stereocenters. The Balaban J connectivity index is 2.93. The fraction of sp³-hybridized carbons (Fsp3) is 0.182. The number of ether oxygens (including phenoxy) is 1. The van der Waals surface area contributed by atoms with E-state index >= 15 is 0 Å². The molecule has 1 N–H and O–H groups in total. The zero-order chi connectivity index (χ0) is 11.3. The number of aromatic carboxylic acids is 1. The highest BCUT2D eigenvalue weighted by atomic mass is 19.1. The van der Waals surface area contributed by atoms with Crippen LogP contribution in [-0.2, 0) is 0 Å². The van der Waals surface area contributed by atoms with Gasteiger partial charge in [0.1, 0.15) is 5.56 Å². The van der Waals surface area contributed by atoms with E-state index in [0.717, 1.165) is 6.07 Å². The van der Waals surface area contributed by atoms with E-state index < -0.39 is 11.8 Å². The van der Waals surface area contributed by atoms with Crippen molar-refractivity contribution in [3.63, 3.8) is 0 Å². The van der Waals surface area contributed by atoms with Gasteiger partial charge in [0.05, 0.1) is 6.61 Å². The van der Waals surface area contributed by atoms with Crippen molar-refractivity contribution < 1.29 is 19.0 Å². The molecule has 0 saturated heterocycles. The largest absolute Gasteiger partial charge is 0.489 e. The predicted molar refractivity (Wildman–Crippen MR) is 52.3 cm³/mol. The third-order valence-corrected chi connectivity index (χ3v) is 1.69. The highest BCUT2D eigenvalue weighted by Gasteiger charge is 2.14. The Hall–Kier alpha value is -2.02. The van der Waals surface area contributed by atoms with Gasteiger partial charge in [-0.25, -0.2) is 9.18 Å². The number of halogens is 1. The number of carbonyl (C=O) groups is 1. The number of benzene rings is 1. The molecule has 0 amide bonds. The molecule has 0 aliphatic rings. The van der Waals surface area contributed by atoms with Crippen LogP contribution in [0.25, 0.3) is 0 Å². The highest BCUT2D eigenvalue weighted by Crippen LogP contribution is 2.22. The van der Waals surface area contributed by atoms with Crippen LogP contribution in [0, 0.1) is 18.2 Å². The Bertz CT molecular complexity index is 407. The third-order valence-electron chi connectivity index (χ3n) is 1.69. The molecule has 3 nitrogen and oxygen atoms in total. The lowest BCUT2D eigenvalue weighted by Gasteiger charge is -2.08. The summed E-state index contributed by atoms with van der Waals surface area (Å²) in [5, 5.41) is 8.76. The van der Waals surface area contributed by atoms with E-state index in [2.05, 4.69) is 5.92 Å². The Morgan fingerprint density at radius 2 is 2.33 bits per heavy atom. The van der Waals surface area contributed by atoms with Crippen molar-refractivity contribution in [3.05, 3.63) is 29.6 Å². The van der Waals surface area contributed by atoms with Crippen molar-refractivity contribution in [2.75, 3.05) is 6.61 Å². The lowest BCUT2D eigenvalue weighted by atomic mass is 10.2. The molecule has 0 spiro atoms. The number of para-hydroxylation sites is 1. The SMILES string of the molecule is C#CCCOc1c(F)cccc1C(=O)O. The number of rotatable bonds is 4. The van der Waals surface area contributed by atoms with Crippen molar-refractivity contribution in [2.24, 2.45) is 0 Å². The molecule has 1 rings (SSSR count). The normalized spacial score (nSPS) is 9.33. The smallest absolute Gasteiger partial charge is 0.339 e. The molecule has 0 radical (unpaired) electrons. The first kappa shape index (κ1) is 11.1. The second-order valence-corrected chi connectivity index (χ2v) is 2.72. The van der Waals surface area contributed by atoms with Crippen molar-refractivity contribution >= 4 is 5.97 Å². The molecule has 1 aromatic carbocycles. The zero-order valence-corrected chi connectivity index (χ0v) is 7.87. The van der Waals surface area contributed by atoms with Crippen molar-refractivity contribution in [2.45, 2.75) is 6.42 Å². The Morgan fingerprint density at radius 1 is 1.60 bits per heavy atom. The van der Waals surface area contributed by atoms with Gasteiger partial charge in [0.15, 0.2) is 11.6 Å². The number of hydrogen-bond acceptors (Lipinski definition) is 2. The van der Waals surface area contributed by atoms with Gasteiger partial charge in [0.2, 0.25) is 0 Å². The molecule has 0 aliphatic heterocycles. The Labute approximate surface area is 86.5 Å². The summed E-state index contributed by atoms with van der Waals surface area (Å²) >= 11 is 0. The first-order chi connectivity index (χ1) is 7.16. The number of carboxylic acid groups (broad SMARTS) is 1. The Kier molecular flexibility index (Phi) is 3.69. The third kappa shape index (κ3) is 2.71. The Morgan fingerprint density at radius 3 is 2.93 bits per heavy atom. The maximum atomic E-state index is 13.2. The van der Waals surface area contributed by atoms with E-state index in [-0.39, 0.29) is 17.9 Å². The average Bonchev–Trinajstić information content (AvgIpc) is 2.20. The van der Waals surface area contributed by atoms with Crippen LogP contribution < -0.4 is 4.74 Å². The summed E-state index contributed by atoms with van der Waals surface area (Å²) in [6.07, 6.45) is 5.29. The van der Waals surface area contributed by atoms with Gasteiger partial charge in [-0.1, -0.05) is 6.07 Å². The minimum absolute atomic E-state index is 0.0950. The molecular formula is C11H9FO3. The fourth-order valence-electron chi connectivity index (χ4n) is 1.04.